The van der Waals surface area contributed by atoms with Crippen molar-refractivity contribution in [3.63, 3.8) is 0 Å². The highest BCUT2D eigenvalue weighted by Gasteiger charge is 2.08. The summed E-state index contributed by atoms with van der Waals surface area (Å²) in [7, 11) is 0. The summed E-state index contributed by atoms with van der Waals surface area (Å²) < 4.78 is 0. The average Bonchev–Trinajstić information content (AvgIpc) is 2.14. The molecule has 1 aromatic carbocycles. The van der Waals surface area contributed by atoms with Gasteiger partial charge in [-0.15, -0.1) is 11.6 Å². The second-order valence-corrected chi connectivity index (χ2v) is 3.10. The van der Waals surface area contributed by atoms with Crippen molar-refractivity contribution in [2.24, 2.45) is 0 Å². The molecular weight excluding hydrogens is 206 g/mol. The second kappa shape index (κ2) is 4.19. The van der Waals surface area contributed by atoms with Crippen molar-refractivity contribution in [2.45, 2.75) is 6.92 Å². The van der Waals surface area contributed by atoms with Gasteiger partial charge in [0.05, 0.1) is 5.69 Å². The van der Waals surface area contributed by atoms with Crippen LogP contribution in [0.25, 0.3) is 0 Å². The van der Waals surface area contributed by atoms with Crippen LogP contribution in [0.5, 0.6) is 11.5 Å². The van der Waals surface area contributed by atoms with Crippen LogP contribution in [0.2, 0.25) is 0 Å². The lowest BCUT2D eigenvalue weighted by Gasteiger charge is -2.07. The van der Waals surface area contributed by atoms with Crippen molar-refractivity contribution in [2.75, 3.05) is 11.2 Å². The number of aromatic hydroxyl groups is 2. The fourth-order valence-electron chi connectivity index (χ4n) is 0.965. The summed E-state index contributed by atoms with van der Waals surface area (Å²) in [5.74, 6) is -0.731. The first-order valence-electron chi connectivity index (χ1n) is 3.93. The zero-order chi connectivity index (χ0) is 10.7. The topological polar surface area (TPSA) is 69.6 Å². The molecule has 1 aromatic rings. The number of halogens is 1. The molecule has 1 amide bonds. The number of benzene rings is 1. The Morgan fingerprint density at radius 2 is 2.07 bits per heavy atom. The van der Waals surface area contributed by atoms with Crippen molar-refractivity contribution < 1.29 is 15.0 Å². The Hall–Kier alpha value is -1.42. The molecular formula is C9H10ClNO3. The van der Waals surface area contributed by atoms with E-state index in [1.165, 1.54) is 12.1 Å². The van der Waals surface area contributed by atoms with E-state index in [0.29, 0.717) is 5.56 Å². The van der Waals surface area contributed by atoms with Gasteiger partial charge in [-0.25, -0.2) is 0 Å². The third kappa shape index (κ3) is 2.29. The molecule has 0 saturated carbocycles. The zero-order valence-corrected chi connectivity index (χ0v) is 8.30. The largest absolute Gasteiger partial charge is 0.508 e. The number of amides is 1. The van der Waals surface area contributed by atoms with Gasteiger partial charge in [-0.05, 0) is 18.6 Å². The Morgan fingerprint density at radius 3 is 2.64 bits per heavy atom. The standard InChI is InChI=1S/C9H10ClNO3/c1-5-2-8(13)6(3-7(5)12)11-9(14)4-10/h2-3,12-13H,4H2,1H3,(H,11,14). The van der Waals surface area contributed by atoms with E-state index in [-0.39, 0.29) is 23.1 Å². The molecule has 0 bridgehead atoms. The van der Waals surface area contributed by atoms with Gasteiger partial charge in [-0.2, -0.15) is 0 Å². The Morgan fingerprint density at radius 1 is 1.43 bits per heavy atom. The van der Waals surface area contributed by atoms with Gasteiger partial charge in [0.15, 0.2) is 0 Å². The van der Waals surface area contributed by atoms with Gasteiger partial charge in [-0.1, -0.05) is 0 Å². The fraction of sp³-hybridized carbons (Fsp3) is 0.222. The van der Waals surface area contributed by atoms with E-state index in [4.69, 9.17) is 11.6 Å². The molecule has 0 spiro atoms. The quantitative estimate of drug-likeness (QED) is 0.399. The summed E-state index contributed by atoms with van der Waals surface area (Å²) in [5.41, 5.74) is 0.685. The van der Waals surface area contributed by atoms with Crippen LogP contribution < -0.4 is 5.32 Å². The van der Waals surface area contributed by atoms with Crippen LogP contribution in [-0.2, 0) is 4.79 Å². The van der Waals surface area contributed by atoms with Gasteiger partial charge in [0, 0.05) is 6.07 Å². The lowest BCUT2D eigenvalue weighted by atomic mass is 10.2. The fourth-order valence-corrected chi connectivity index (χ4v) is 1.03. The number of nitrogens with one attached hydrogen (secondary N) is 1. The molecule has 1 rings (SSSR count). The van der Waals surface area contributed by atoms with Crippen molar-refractivity contribution in [1.82, 2.24) is 0 Å². The number of aryl methyl sites for hydroxylation is 1. The molecule has 5 heteroatoms. The van der Waals surface area contributed by atoms with Crippen molar-refractivity contribution in [1.29, 1.82) is 0 Å². The number of alkyl halides is 1. The number of phenolic OH excluding ortho intramolecular Hbond substituents is 2. The van der Waals surface area contributed by atoms with Gasteiger partial charge in [0.25, 0.3) is 0 Å². The number of carbonyl (C=O) groups is 1. The van der Waals surface area contributed by atoms with Crippen LogP contribution in [-0.4, -0.2) is 22.0 Å². The molecule has 0 atom stereocenters. The summed E-state index contributed by atoms with van der Waals surface area (Å²) in [5, 5.41) is 21.1. The molecule has 14 heavy (non-hydrogen) atoms. The van der Waals surface area contributed by atoms with Crippen molar-refractivity contribution in [3.05, 3.63) is 17.7 Å². The van der Waals surface area contributed by atoms with Crippen LogP contribution in [0.3, 0.4) is 0 Å². The SMILES string of the molecule is Cc1cc(O)c(NC(=O)CCl)cc1O. The van der Waals surface area contributed by atoms with Gasteiger partial charge in [-0.3, -0.25) is 4.79 Å². The summed E-state index contributed by atoms with van der Waals surface area (Å²) >= 11 is 5.27. The van der Waals surface area contributed by atoms with Gasteiger partial charge >= 0.3 is 0 Å². The van der Waals surface area contributed by atoms with Crippen LogP contribution >= 0.6 is 11.6 Å². The van der Waals surface area contributed by atoms with Gasteiger partial charge in [0.1, 0.15) is 17.4 Å². The lowest BCUT2D eigenvalue weighted by Crippen LogP contribution is -2.12. The first-order valence-corrected chi connectivity index (χ1v) is 4.46. The van der Waals surface area contributed by atoms with E-state index in [1.54, 1.807) is 6.92 Å². The highest BCUT2D eigenvalue weighted by Crippen LogP contribution is 2.30. The maximum atomic E-state index is 10.9. The predicted molar refractivity (Wildman–Crippen MR) is 53.9 cm³/mol. The molecule has 0 unspecified atom stereocenters. The molecule has 0 heterocycles. The smallest absolute Gasteiger partial charge is 0.239 e. The van der Waals surface area contributed by atoms with Crippen LogP contribution in [0, 0.1) is 6.92 Å². The number of hydrogen-bond donors (Lipinski definition) is 3. The zero-order valence-electron chi connectivity index (χ0n) is 7.54. The highest BCUT2D eigenvalue weighted by molar-refractivity contribution is 6.29. The van der Waals surface area contributed by atoms with Gasteiger partial charge < -0.3 is 15.5 Å². The summed E-state index contributed by atoms with van der Waals surface area (Å²) in [6.45, 7) is 1.64. The predicted octanol–water partition coefficient (Wildman–Crippen LogP) is 1.58. The van der Waals surface area contributed by atoms with Gasteiger partial charge in [0.2, 0.25) is 5.91 Å². The first kappa shape index (κ1) is 10.7. The minimum absolute atomic E-state index is 0.00710. The average molecular weight is 216 g/mol. The number of carbonyl (C=O) groups excluding carboxylic acids is 1. The molecule has 0 aliphatic heterocycles. The van der Waals surface area contributed by atoms with Crippen LogP contribution in [0.1, 0.15) is 5.56 Å². The Balaban J connectivity index is 2.98. The van der Waals surface area contributed by atoms with E-state index in [2.05, 4.69) is 5.32 Å². The maximum Gasteiger partial charge on any atom is 0.239 e. The first-order chi connectivity index (χ1) is 6.54. The molecule has 0 aromatic heterocycles. The number of phenols is 2. The van der Waals surface area contributed by atoms with Crippen LogP contribution in [0.15, 0.2) is 12.1 Å². The Bertz CT molecular complexity index is 365. The van der Waals surface area contributed by atoms with E-state index in [1.807, 2.05) is 0 Å². The summed E-state index contributed by atoms with van der Waals surface area (Å²) in [6.07, 6.45) is 0. The Kier molecular flexibility index (Phi) is 3.19. The number of anilines is 1. The second-order valence-electron chi connectivity index (χ2n) is 2.84. The van der Waals surface area contributed by atoms with E-state index >= 15 is 0 Å². The lowest BCUT2D eigenvalue weighted by molar-refractivity contribution is -0.113. The van der Waals surface area contributed by atoms with Crippen molar-refractivity contribution in [3.8, 4) is 11.5 Å². The third-order valence-corrected chi connectivity index (χ3v) is 1.95. The van der Waals surface area contributed by atoms with Crippen molar-refractivity contribution >= 4 is 23.2 Å². The molecule has 4 nitrogen and oxygen atoms in total. The third-order valence-electron chi connectivity index (χ3n) is 1.71. The van der Waals surface area contributed by atoms with Crippen LogP contribution in [0.4, 0.5) is 5.69 Å². The Labute approximate surface area is 86.1 Å². The molecule has 76 valence electrons. The minimum Gasteiger partial charge on any atom is -0.508 e. The number of rotatable bonds is 2. The molecule has 0 radical (unpaired) electrons. The molecule has 0 aliphatic rings. The van der Waals surface area contributed by atoms with E-state index in [9.17, 15) is 15.0 Å². The molecule has 3 N–H and O–H groups in total. The highest BCUT2D eigenvalue weighted by atomic mass is 35.5. The normalized spacial score (nSPS) is 9.86. The minimum atomic E-state index is -0.440. The molecule has 0 fully saturated rings. The monoisotopic (exact) mass is 215 g/mol. The summed E-state index contributed by atoms with van der Waals surface area (Å²) in [4.78, 5) is 10.9. The molecule has 0 saturated heterocycles. The molecule has 0 aliphatic carbocycles. The maximum absolute atomic E-state index is 10.9. The summed E-state index contributed by atoms with van der Waals surface area (Å²) in [6, 6.07) is 2.63. The number of hydrogen-bond acceptors (Lipinski definition) is 3. The van der Waals surface area contributed by atoms with E-state index in [0.717, 1.165) is 0 Å². The van der Waals surface area contributed by atoms with E-state index < -0.39 is 5.91 Å².